The summed E-state index contributed by atoms with van der Waals surface area (Å²) in [5.41, 5.74) is 0. The van der Waals surface area contributed by atoms with E-state index in [2.05, 4.69) is 30.3 Å². The molecule has 0 spiro atoms. The normalized spacial score (nSPS) is 45.4. The van der Waals surface area contributed by atoms with Crippen molar-refractivity contribution in [3.63, 3.8) is 0 Å². The summed E-state index contributed by atoms with van der Waals surface area (Å²) in [7, 11) is 0. The van der Waals surface area contributed by atoms with Crippen LogP contribution in [0.3, 0.4) is 0 Å². The van der Waals surface area contributed by atoms with Crippen LogP contribution in [0.5, 0.6) is 0 Å². The fourth-order valence-electron chi connectivity index (χ4n) is 3.33. The summed E-state index contributed by atoms with van der Waals surface area (Å²) in [5, 5.41) is 0. The molecule has 0 amide bonds. The fraction of sp³-hybridized carbons (Fsp3) is 0.571. The number of ether oxygens (including phenoxy) is 3. The number of rotatable bonds is 2. The molecule has 3 saturated heterocycles. The summed E-state index contributed by atoms with van der Waals surface area (Å²) < 4.78 is 19.4. The van der Waals surface area contributed by atoms with Crippen molar-refractivity contribution in [2.24, 2.45) is 0 Å². The molecule has 1 saturated carbocycles. The van der Waals surface area contributed by atoms with Crippen molar-refractivity contribution in [2.75, 3.05) is 0 Å². The molecule has 3 aliphatic heterocycles. The van der Waals surface area contributed by atoms with E-state index in [1.165, 1.54) is 3.61 Å². The Morgan fingerprint density at radius 2 is 1.78 bits per heavy atom. The molecule has 0 radical (unpaired) electrons. The zero-order valence-corrected chi connectivity index (χ0v) is 12.6. The third-order valence-electron chi connectivity index (χ3n) is 3.78. The van der Waals surface area contributed by atoms with Crippen LogP contribution in [0.2, 0.25) is 0 Å². The summed E-state index contributed by atoms with van der Waals surface area (Å²) in [4.78, 5) is 0. The van der Waals surface area contributed by atoms with Crippen LogP contribution in [-0.2, 0) is 14.2 Å². The van der Waals surface area contributed by atoms with E-state index in [4.69, 9.17) is 14.2 Å². The maximum absolute atomic E-state index is 6.22. The molecule has 3 nitrogen and oxygen atoms in total. The molecule has 4 heteroatoms. The van der Waals surface area contributed by atoms with Gasteiger partial charge in [-0.15, -0.1) is 0 Å². The van der Waals surface area contributed by atoms with Crippen molar-refractivity contribution >= 4 is 24.5 Å². The molecule has 1 aliphatic carbocycles. The standard InChI is InChI=1S/C14H16O3Te/c1-13-15-10-7-11(16-13)9-14(8-10,17-13)18-12-5-3-2-4-6-12/h2-6,10-11H,7-9H2,1H3. The van der Waals surface area contributed by atoms with Crippen molar-refractivity contribution in [3.05, 3.63) is 30.3 Å². The van der Waals surface area contributed by atoms with Gasteiger partial charge in [-0.2, -0.15) is 0 Å². The Hall–Kier alpha value is -0.110. The van der Waals surface area contributed by atoms with Gasteiger partial charge in [-0.3, -0.25) is 0 Å². The van der Waals surface area contributed by atoms with Gasteiger partial charge < -0.3 is 0 Å². The third kappa shape index (κ3) is 1.92. The van der Waals surface area contributed by atoms with E-state index >= 15 is 0 Å². The zero-order valence-electron chi connectivity index (χ0n) is 10.3. The van der Waals surface area contributed by atoms with Crippen LogP contribution < -0.4 is 3.61 Å². The Balaban J connectivity index is 1.64. The molecule has 2 atom stereocenters. The molecule has 4 bridgehead atoms. The molecule has 1 aromatic carbocycles. The molecule has 4 fully saturated rings. The molecule has 0 N–H and O–H groups in total. The minimum absolute atomic E-state index is 0.0469. The number of hydrogen-bond acceptors (Lipinski definition) is 3. The Labute approximate surface area is 117 Å². The van der Waals surface area contributed by atoms with Gasteiger partial charge in [0.2, 0.25) is 0 Å². The first-order chi connectivity index (χ1) is 8.65. The zero-order chi connectivity index (χ0) is 12.2. The van der Waals surface area contributed by atoms with Gasteiger partial charge in [-0.1, -0.05) is 0 Å². The Kier molecular flexibility index (Phi) is 2.56. The van der Waals surface area contributed by atoms with Crippen molar-refractivity contribution in [3.8, 4) is 0 Å². The Morgan fingerprint density at radius 3 is 2.39 bits per heavy atom. The topological polar surface area (TPSA) is 27.7 Å². The van der Waals surface area contributed by atoms with Crippen LogP contribution in [0.1, 0.15) is 26.2 Å². The predicted octanol–water partition coefficient (Wildman–Crippen LogP) is 1.38. The van der Waals surface area contributed by atoms with Crippen LogP contribution in [0.25, 0.3) is 0 Å². The number of hydrogen-bond donors (Lipinski definition) is 0. The second kappa shape index (κ2) is 3.94. The minimum atomic E-state index is -0.774. The number of benzene rings is 1. The van der Waals surface area contributed by atoms with Gasteiger partial charge >= 0.3 is 117 Å². The first kappa shape index (κ1) is 11.7. The van der Waals surface area contributed by atoms with E-state index in [1.807, 2.05) is 6.92 Å². The van der Waals surface area contributed by atoms with Crippen LogP contribution in [-0.4, -0.2) is 42.8 Å². The van der Waals surface area contributed by atoms with Crippen LogP contribution in [0.15, 0.2) is 30.3 Å². The van der Waals surface area contributed by atoms with E-state index in [9.17, 15) is 0 Å². The molecule has 96 valence electrons. The second-order valence-electron chi connectivity index (χ2n) is 5.41. The van der Waals surface area contributed by atoms with Crippen molar-refractivity contribution in [2.45, 2.75) is 48.0 Å². The van der Waals surface area contributed by atoms with Crippen LogP contribution in [0, 0.1) is 0 Å². The average Bonchev–Trinajstić information content (AvgIpc) is 2.25. The summed E-state index contributed by atoms with van der Waals surface area (Å²) in [6, 6.07) is 10.8. The molecular weight excluding hydrogens is 344 g/mol. The van der Waals surface area contributed by atoms with Crippen LogP contribution >= 0.6 is 0 Å². The first-order valence-electron chi connectivity index (χ1n) is 6.45. The molecule has 4 aliphatic rings. The van der Waals surface area contributed by atoms with E-state index in [0.717, 1.165) is 19.3 Å². The first-order valence-corrected chi connectivity index (χ1v) is 8.78. The van der Waals surface area contributed by atoms with E-state index in [-0.39, 0.29) is 24.6 Å². The maximum atomic E-state index is 6.22. The predicted molar refractivity (Wildman–Crippen MR) is 67.6 cm³/mol. The monoisotopic (exact) mass is 362 g/mol. The summed E-state index contributed by atoms with van der Waals surface area (Å²) >= 11 is -0.374. The average molecular weight is 360 g/mol. The molecule has 3 heterocycles. The Morgan fingerprint density at radius 1 is 1.11 bits per heavy atom. The Bertz CT molecular complexity index is 447. The molecule has 1 aromatic rings. The fourth-order valence-corrected chi connectivity index (χ4v) is 7.48. The van der Waals surface area contributed by atoms with Gasteiger partial charge in [0.15, 0.2) is 0 Å². The van der Waals surface area contributed by atoms with Gasteiger partial charge in [0.05, 0.1) is 0 Å². The van der Waals surface area contributed by atoms with Crippen molar-refractivity contribution in [1.82, 2.24) is 0 Å². The summed E-state index contributed by atoms with van der Waals surface area (Å²) in [6.45, 7) is 1.93. The van der Waals surface area contributed by atoms with E-state index in [1.54, 1.807) is 0 Å². The van der Waals surface area contributed by atoms with Crippen LogP contribution in [0.4, 0.5) is 0 Å². The van der Waals surface area contributed by atoms with Crippen molar-refractivity contribution in [1.29, 1.82) is 0 Å². The van der Waals surface area contributed by atoms with Gasteiger partial charge in [0, 0.05) is 0 Å². The molecule has 5 rings (SSSR count). The molecular formula is C14H16O3Te. The molecule has 0 aromatic heterocycles. The van der Waals surface area contributed by atoms with E-state index in [0.29, 0.717) is 12.2 Å². The second-order valence-corrected chi connectivity index (χ2v) is 9.47. The van der Waals surface area contributed by atoms with Gasteiger partial charge in [-0.05, 0) is 0 Å². The van der Waals surface area contributed by atoms with E-state index < -0.39 is 5.97 Å². The third-order valence-corrected chi connectivity index (χ3v) is 7.48. The summed E-state index contributed by atoms with van der Waals surface area (Å²) in [5.74, 6) is -0.774. The van der Waals surface area contributed by atoms with Gasteiger partial charge in [-0.25, -0.2) is 0 Å². The molecule has 2 unspecified atom stereocenters. The summed E-state index contributed by atoms with van der Waals surface area (Å²) in [6.07, 6.45) is 3.83. The molecule has 18 heavy (non-hydrogen) atoms. The quantitative estimate of drug-likeness (QED) is 0.747. The van der Waals surface area contributed by atoms with Gasteiger partial charge in [0.1, 0.15) is 0 Å². The SMILES string of the molecule is CC12OC3CC(CC([Te]c4ccccc4)(C3)O1)O2. The van der Waals surface area contributed by atoms with Gasteiger partial charge in [0.25, 0.3) is 0 Å². The van der Waals surface area contributed by atoms with Crippen molar-refractivity contribution < 1.29 is 14.2 Å².